The molecule has 0 unspecified atom stereocenters. The van der Waals surface area contributed by atoms with Gasteiger partial charge in [-0.3, -0.25) is 14.9 Å². The second kappa shape index (κ2) is 11.8. The fourth-order valence-corrected chi connectivity index (χ4v) is 4.45. The van der Waals surface area contributed by atoms with Crippen LogP contribution in [0.5, 0.6) is 11.5 Å². The molecule has 1 amide bonds. The fraction of sp³-hybridized carbons (Fsp3) is 0.423. The number of anilines is 1. The Balaban J connectivity index is 1.47. The van der Waals surface area contributed by atoms with E-state index in [9.17, 15) is 9.59 Å². The number of amides is 1. The van der Waals surface area contributed by atoms with Crippen molar-refractivity contribution in [3.8, 4) is 11.5 Å². The Bertz CT molecular complexity index is 1110. The number of carbonyl (C=O) groups excluding carboxylic acids is 1. The maximum atomic E-state index is 12.6. The standard InChI is InChI=1S/C26H33N5O5/c27-20(25(33)34)15-17-5-7-18(8-6-17)24(32)30-26(28)29-16-19-21(31-11-3-1-2-4-12-31)9-10-22-23(19)36-14-13-35-22/h5-10,20H,1-4,11-16,27H2,(H,33,34)(H3,28,29,30,32)/t20-/m0/s1. The van der Waals surface area contributed by atoms with Gasteiger partial charge in [-0.25, -0.2) is 4.99 Å². The highest BCUT2D eigenvalue weighted by atomic mass is 16.6. The molecule has 4 rings (SSSR count). The lowest BCUT2D eigenvalue weighted by atomic mass is 10.0. The predicted molar refractivity (Wildman–Crippen MR) is 137 cm³/mol. The minimum Gasteiger partial charge on any atom is -0.486 e. The van der Waals surface area contributed by atoms with Crippen LogP contribution in [0.15, 0.2) is 41.4 Å². The summed E-state index contributed by atoms with van der Waals surface area (Å²) < 4.78 is 11.7. The van der Waals surface area contributed by atoms with Crippen LogP contribution in [0.25, 0.3) is 0 Å². The monoisotopic (exact) mass is 495 g/mol. The fourth-order valence-electron chi connectivity index (χ4n) is 4.45. The molecule has 1 atom stereocenters. The molecule has 36 heavy (non-hydrogen) atoms. The summed E-state index contributed by atoms with van der Waals surface area (Å²) in [7, 11) is 0. The molecule has 0 bridgehead atoms. The van der Waals surface area contributed by atoms with E-state index in [4.69, 9.17) is 26.0 Å². The van der Waals surface area contributed by atoms with Gasteiger partial charge in [-0.05, 0) is 49.1 Å². The van der Waals surface area contributed by atoms with Crippen LogP contribution in [0.2, 0.25) is 0 Å². The molecule has 0 aromatic heterocycles. The first-order valence-electron chi connectivity index (χ1n) is 12.3. The molecule has 0 aliphatic carbocycles. The summed E-state index contributed by atoms with van der Waals surface area (Å²) in [5.74, 6) is -0.117. The number of hydrogen-bond acceptors (Lipinski definition) is 7. The van der Waals surface area contributed by atoms with Crippen molar-refractivity contribution in [2.45, 2.75) is 44.7 Å². The van der Waals surface area contributed by atoms with Gasteiger partial charge in [0, 0.05) is 29.9 Å². The third-order valence-corrected chi connectivity index (χ3v) is 6.37. The molecule has 2 aromatic rings. The van der Waals surface area contributed by atoms with Gasteiger partial charge in [-0.15, -0.1) is 0 Å². The number of hydrogen-bond donors (Lipinski definition) is 4. The van der Waals surface area contributed by atoms with Gasteiger partial charge < -0.3 is 30.9 Å². The van der Waals surface area contributed by atoms with E-state index in [-0.39, 0.29) is 18.9 Å². The molecule has 2 aliphatic rings. The second-order valence-electron chi connectivity index (χ2n) is 8.99. The first kappa shape index (κ1) is 25.3. The lowest BCUT2D eigenvalue weighted by Gasteiger charge is -2.29. The van der Waals surface area contributed by atoms with Gasteiger partial charge in [0.25, 0.3) is 5.91 Å². The molecule has 2 aliphatic heterocycles. The third kappa shape index (κ3) is 6.25. The summed E-state index contributed by atoms with van der Waals surface area (Å²) in [6.07, 6.45) is 4.89. The molecular weight excluding hydrogens is 462 g/mol. The van der Waals surface area contributed by atoms with Crippen LogP contribution in [-0.4, -0.2) is 55.3 Å². The maximum Gasteiger partial charge on any atom is 0.320 e. The van der Waals surface area contributed by atoms with Gasteiger partial charge >= 0.3 is 5.97 Å². The highest BCUT2D eigenvalue weighted by Crippen LogP contribution is 2.40. The summed E-state index contributed by atoms with van der Waals surface area (Å²) in [4.78, 5) is 30.4. The number of nitrogens with two attached hydrogens (primary N) is 2. The summed E-state index contributed by atoms with van der Waals surface area (Å²) >= 11 is 0. The average molecular weight is 496 g/mol. The second-order valence-corrected chi connectivity index (χ2v) is 8.99. The van der Waals surface area contributed by atoms with E-state index in [1.54, 1.807) is 24.3 Å². The molecular formula is C26H33N5O5. The number of aliphatic carboxylic acids is 1. The highest BCUT2D eigenvalue weighted by molar-refractivity contribution is 6.05. The molecule has 0 spiro atoms. The number of nitrogens with one attached hydrogen (secondary N) is 1. The summed E-state index contributed by atoms with van der Waals surface area (Å²) in [6.45, 7) is 3.13. The molecule has 10 heteroatoms. The highest BCUT2D eigenvalue weighted by Gasteiger charge is 2.23. The lowest BCUT2D eigenvalue weighted by molar-refractivity contribution is -0.138. The number of benzene rings is 2. The Morgan fingerprint density at radius 1 is 1.03 bits per heavy atom. The Morgan fingerprint density at radius 3 is 2.42 bits per heavy atom. The normalized spacial score (nSPS) is 16.7. The Morgan fingerprint density at radius 2 is 1.72 bits per heavy atom. The van der Waals surface area contributed by atoms with Crippen molar-refractivity contribution in [3.05, 3.63) is 53.1 Å². The van der Waals surface area contributed by atoms with Gasteiger partial charge in [0.15, 0.2) is 17.5 Å². The minimum atomic E-state index is -1.07. The largest absolute Gasteiger partial charge is 0.486 e. The number of ether oxygens (including phenoxy) is 2. The molecule has 2 heterocycles. The van der Waals surface area contributed by atoms with Crippen molar-refractivity contribution >= 4 is 23.5 Å². The van der Waals surface area contributed by atoms with E-state index < -0.39 is 17.9 Å². The Hall–Kier alpha value is -3.79. The van der Waals surface area contributed by atoms with Gasteiger partial charge in [0.1, 0.15) is 19.3 Å². The summed E-state index contributed by atoms with van der Waals surface area (Å²) in [5, 5.41) is 11.6. The molecule has 10 nitrogen and oxygen atoms in total. The van der Waals surface area contributed by atoms with E-state index in [2.05, 4.69) is 21.3 Å². The maximum absolute atomic E-state index is 12.6. The van der Waals surface area contributed by atoms with Crippen LogP contribution >= 0.6 is 0 Å². The molecule has 2 aromatic carbocycles. The average Bonchev–Trinajstić information content (AvgIpc) is 3.17. The minimum absolute atomic E-state index is 0.00637. The number of rotatable bonds is 7. The number of carboxylic acid groups (broad SMARTS) is 1. The van der Waals surface area contributed by atoms with E-state index in [0.717, 1.165) is 42.7 Å². The predicted octanol–water partition coefficient (Wildman–Crippen LogP) is 2.04. The van der Waals surface area contributed by atoms with Crippen molar-refractivity contribution in [3.63, 3.8) is 0 Å². The molecule has 0 saturated carbocycles. The summed E-state index contributed by atoms with van der Waals surface area (Å²) in [6, 6.07) is 9.55. The zero-order valence-electron chi connectivity index (χ0n) is 20.2. The van der Waals surface area contributed by atoms with E-state index in [1.165, 1.54) is 12.8 Å². The molecule has 1 fully saturated rings. The van der Waals surface area contributed by atoms with Crippen molar-refractivity contribution < 1.29 is 24.2 Å². The molecule has 192 valence electrons. The topological polar surface area (TPSA) is 152 Å². The first-order valence-corrected chi connectivity index (χ1v) is 12.3. The zero-order chi connectivity index (χ0) is 25.5. The number of aliphatic imine (C=N–C) groups is 1. The lowest BCUT2D eigenvalue weighted by Crippen LogP contribution is -2.37. The number of carbonyl (C=O) groups is 2. The van der Waals surface area contributed by atoms with E-state index in [0.29, 0.717) is 30.3 Å². The van der Waals surface area contributed by atoms with E-state index >= 15 is 0 Å². The van der Waals surface area contributed by atoms with Gasteiger partial charge in [-0.1, -0.05) is 25.0 Å². The summed E-state index contributed by atoms with van der Waals surface area (Å²) in [5.41, 5.74) is 14.7. The van der Waals surface area contributed by atoms with Gasteiger partial charge in [0.2, 0.25) is 0 Å². The van der Waals surface area contributed by atoms with Crippen LogP contribution in [0.1, 0.15) is 47.2 Å². The Kier molecular flexibility index (Phi) is 8.27. The zero-order valence-corrected chi connectivity index (χ0v) is 20.2. The van der Waals surface area contributed by atoms with Gasteiger partial charge in [-0.2, -0.15) is 0 Å². The van der Waals surface area contributed by atoms with Crippen molar-refractivity contribution in [2.24, 2.45) is 16.5 Å². The molecule has 0 radical (unpaired) electrons. The van der Waals surface area contributed by atoms with Crippen LogP contribution in [-0.2, 0) is 17.8 Å². The number of nitrogens with zero attached hydrogens (tertiary/aromatic N) is 2. The molecule has 1 saturated heterocycles. The van der Waals surface area contributed by atoms with Crippen LogP contribution in [0, 0.1) is 0 Å². The van der Waals surface area contributed by atoms with Crippen molar-refractivity contribution in [1.82, 2.24) is 5.32 Å². The Labute approximate surface area is 210 Å². The SMILES string of the molecule is NC(=NCc1c(N2CCCCCC2)ccc2c1OCCO2)NC(=O)c1ccc(C[C@H](N)C(=O)O)cc1. The van der Waals surface area contributed by atoms with Gasteiger partial charge in [0.05, 0.1) is 6.54 Å². The van der Waals surface area contributed by atoms with Crippen LogP contribution in [0.4, 0.5) is 5.69 Å². The van der Waals surface area contributed by atoms with Crippen molar-refractivity contribution in [1.29, 1.82) is 0 Å². The quantitative estimate of drug-likeness (QED) is 0.336. The number of guanidine groups is 1. The van der Waals surface area contributed by atoms with E-state index in [1.807, 2.05) is 6.07 Å². The van der Waals surface area contributed by atoms with Crippen LogP contribution in [0.3, 0.4) is 0 Å². The van der Waals surface area contributed by atoms with Crippen molar-refractivity contribution in [2.75, 3.05) is 31.2 Å². The number of carboxylic acids is 1. The smallest absolute Gasteiger partial charge is 0.320 e. The molecule has 6 N–H and O–H groups in total. The number of fused-ring (bicyclic) bond motifs is 1. The van der Waals surface area contributed by atoms with Crippen LogP contribution < -0.4 is 31.2 Å². The third-order valence-electron chi connectivity index (χ3n) is 6.37. The first-order chi connectivity index (χ1) is 17.4.